The molecule has 0 aromatic heterocycles. The Kier molecular flexibility index (Phi) is 6.83. The topological polar surface area (TPSA) is 9.23 Å². The summed E-state index contributed by atoms with van der Waals surface area (Å²) in [6.07, 6.45) is 5.24. The van der Waals surface area contributed by atoms with Gasteiger partial charge in [-0.3, -0.25) is 0 Å². The van der Waals surface area contributed by atoms with E-state index in [0.29, 0.717) is 0 Å². The van der Waals surface area contributed by atoms with E-state index in [0.717, 1.165) is 10.9 Å². The van der Waals surface area contributed by atoms with Gasteiger partial charge in [-0.25, -0.2) is 0 Å². The van der Waals surface area contributed by atoms with E-state index in [-0.39, 0.29) is 9.34 Å². The number of allylic oxidation sites excluding steroid dienone is 1. The third kappa shape index (κ3) is 4.46. The van der Waals surface area contributed by atoms with Crippen LogP contribution in [0.25, 0.3) is 11.1 Å². The van der Waals surface area contributed by atoms with Crippen LogP contribution >= 0.6 is 54.5 Å². The standard InChI is InChI=1S/C27H25Br2IO/c1-18-6-4-8-20(14-18)23-16-22(28)10-11-24(23)27(21-9-5-7-19(2)15-21)17-26(29,31-3)13-12-25(27)30/h4-16,25H,17H2,1-3H3/t25?,26?,27-/m0/s1. The molecule has 2 unspecified atom stereocenters. The predicted octanol–water partition coefficient (Wildman–Crippen LogP) is 8.52. The van der Waals surface area contributed by atoms with Crippen molar-refractivity contribution >= 4 is 54.5 Å². The van der Waals surface area contributed by atoms with E-state index in [2.05, 4.69) is 147 Å². The fraction of sp³-hybridized carbons (Fsp3) is 0.259. The molecule has 0 saturated heterocycles. The molecule has 0 bridgehead atoms. The lowest BCUT2D eigenvalue weighted by atomic mass is 9.64. The molecule has 0 spiro atoms. The number of hydrogen-bond acceptors (Lipinski definition) is 1. The lowest BCUT2D eigenvalue weighted by Gasteiger charge is -2.46. The van der Waals surface area contributed by atoms with Crippen LogP contribution in [0.3, 0.4) is 0 Å². The van der Waals surface area contributed by atoms with Crippen molar-refractivity contribution in [2.45, 2.75) is 34.1 Å². The maximum absolute atomic E-state index is 5.96. The Hall–Kier alpha value is -0.950. The zero-order valence-corrected chi connectivity index (χ0v) is 23.2. The summed E-state index contributed by atoms with van der Waals surface area (Å²) in [6.45, 7) is 4.31. The third-order valence-corrected chi connectivity index (χ3v) is 9.01. The summed E-state index contributed by atoms with van der Waals surface area (Å²) >= 11 is 10.2. The largest absolute Gasteiger partial charge is 0.363 e. The van der Waals surface area contributed by atoms with Crippen molar-refractivity contribution < 1.29 is 4.74 Å². The number of hydrogen-bond donors (Lipinski definition) is 0. The Morgan fingerprint density at radius 3 is 2.35 bits per heavy atom. The van der Waals surface area contributed by atoms with Crippen LogP contribution in [0.15, 0.2) is 83.4 Å². The van der Waals surface area contributed by atoms with E-state index in [1.165, 1.54) is 33.4 Å². The van der Waals surface area contributed by atoms with Gasteiger partial charge in [-0.15, -0.1) is 0 Å². The Morgan fingerprint density at radius 2 is 1.68 bits per heavy atom. The highest BCUT2D eigenvalue weighted by Crippen LogP contribution is 2.54. The number of halogens is 3. The van der Waals surface area contributed by atoms with Gasteiger partial charge in [-0.05, 0) is 70.2 Å². The molecule has 1 aliphatic rings. The first-order chi connectivity index (χ1) is 14.8. The van der Waals surface area contributed by atoms with Crippen LogP contribution in [0, 0.1) is 13.8 Å². The first kappa shape index (κ1) is 23.2. The van der Waals surface area contributed by atoms with E-state index < -0.39 is 4.51 Å². The summed E-state index contributed by atoms with van der Waals surface area (Å²) in [5.41, 5.74) is 7.38. The van der Waals surface area contributed by atoms with E-state index in [1.54, 1.807) is 7.11 Å². The van der Waals surface area contributed by atoms with Gasteiger partial charge in [0.1, 0.15) is 4.51 Å². The number of alkyl halides is 2. The molecule has 31 heavy (non-hydrogen) atoms. The second-order valence-corrected chi connectivity index (χ2v) is 11.9. The number of benzene rings is 3. The normalized spacial score (nSPS) is 25.5. The third-order valence-electron chi connectivity index (χ3n) is 6.17. The molecule has 3 aromatic carbocycles. The number of methoxy groups -OCH3 is 1. The molecule has 1 nitrogen and oxygen atoms in total. The molecule has 3 atom stereocenters. The minimum Gasteiger partial charge on any atom is -0.363 e. The summed E-state index contributed by atoms with van der Waals surface area (Å²) < 4.78 is 6.79. The number of ether oxygens (including phenoxy) is 1. The van der Waals surface area contributed by atoms with Crippen molar-refractivity contribution in [2.24, 2.45) is 0 Å². The van der Waals surface area contributed by atoms with Gasteiger partial charge in [0.25, 0.3) is 0 Å². The Labute approximate surface area is 215 Å². The molecule has 0 saturated carbocycles. The lowest BCUT2D eigenvalue weighted by Crippen LogP contribution is -2.46. The summed E-state index contributed by atoms with van der Waals surface area (Å²) in [5.74, 6) is 0. The maximum Gasteiger partial charge on any atom is 0.142 e. The molecule has 0 fully saturated rings. The van der Waals surface area contributed by atoms with Crippen LogP contribution in [0.4, 0.5) is 0 Å². The second-order valence-electron chi connectivity index (χ2n) is 8.33. The zero-order chi connectivity index (χ0) is 22.2. The molecule has 3 aromatic rings. The first-order valence-corrected chi connectivity index (χ1v) is 13.1. The van der Waals surface area contributed by atoms with Gasteiger partial charge in [-0.1, -0.05) is 110 Å². The molecule has 4 heteroatoms. The highest BCUT2D eigenvalue weighted by atomic mass is 127. The molecule has 4 rings (SSSR count). The summed E-state index contributed by atoms with van der Waals surface area (Å²) in [6, 6.07) is 24.4. The summed E-state index contributed by atoms with van der Waals surface area (Å²) in [5, 5.41) is 0. The van der Waals surface area contributed by atoms with Gasteiger partial charge in [0.2, 0.25) is 0 Å². The van der Waals surface area contributed by atoms with E-state index in [4.69, 9.17) is 4.74 Å². The Morgan fingerprint density at radius 1 is 0.968 bits per heavy atom. The molecule has 0 heterocycles. The molecule has 0 amide bonds. The first-order valence-electron chi connectivity index (χ1n) is 10.3. The van der Waals surface area contributed by atoms with Crippen LogP contribution in [-0.2, 0) is 10.2 Å². The fourth-order valence-electron chi connectivity index (χ4n) is 4.61. The quantitative estimate of drug-likeness (QED) is 0.156. The minimum atomic E-state index is -0.518. The van der Waals surface area contributed by atoms with Crippen molar-refractivity contribution in [2.75, 3.05) is 7.11 Å². The molecule has 1 aliphatic carbocycles. The van der Waals surface area contributed by atoms with Crippen LogP contribution < -0.4 is 0 Å². The van der Waals surface area contributed by atoms with Gasteiger partial charge in [0.15, 0.2) is 0 Å². The zero-order valence-electron chi connectivity index (χ0n) is 17.8. The van der Waals surface area contributed by atoms with Crippen molar-refractivity contribution in [1.29, 1.82) is 0 Å². The van der Waals surface area contributed by atoms with Crippen LogP contribution in [0.5, 0.6) is 0 Å². The average Bonchev–Trinajstić information content (AvgIpc) is 2.76. The Balaban J connectivity index is 2.06. The maximum atomic E-state index is 5.96. The van der Waals surface area contributed by atoms with E-state index in [9.17, 15) is 0 Å². The molecular formula is C27H25Br2IO. The van der Waals surface area contributed by atoms with Gasteiger partial charge in [-0.2, -0.15) is 0 Å². The average molecular weight is 652 g/mol. The molecule has 0 aliphatic heterocycles. The van der Waals surface area contributed by atoms with Crippen molar-refractivity contribution in [3.63, 3.8) is 0 Å². The number of rotatable bonds is 4. The van der Waals surface area contributed by atoms with Crippen LogP contribution in [-0.4, -0.2) is 15.5 Å². The molecule has 0 radical (unpaired) electrons. The lowest BCUT2D eigenvalue weighted by molar-refractivity contribution is 0.0885. The summed E-state index contributed by atoms with van der Waals surface area (Å²) in [4.78, 5) is 0. The van der Waals surface area contributed by atoms with Crippen molar-refractivity contribution in [3.8, 4) is 11.1 Å². The highest BCUT2D eigenvalue weighted by Gasteiger charge is 2.49. The van der Waals surface area contributed by atoms with Crippen LogP contribution in [0.2, 0.25) is 0 Å². The predicted molar refractivity (Wildman–Crippen MR) is 147 cm³/mol. The summed E-state index contributed by atoms with van der Waals surface area (Å²) in [7, 11) is 1.77. The van der Waals surface area contributed by atoms with Crippen LogP contribution in [0.1, 0.15) is 28.7 Å². The Bertz CT molecular complexity index is 1140. The van der Waals surface area contributed by atoms with Gasteiger partial charge >= 0.3 is 0 Å². The van der Waals surface area contributed by atoms with Crippen molar-refractivity contribution in [1.82, 2.24) is 0 Å². The highest BCUT2D eigenvalue weighted by molar-refractivity contribution is 14.1. The van der Waals surface area contributed by atoms with E-state index >= 15 is 0 Å². The van der Waals surface area contributed by atoms with Crippen molar-refractivity contribution in [3.05, 3.63) is 106 Å². The minimum absolute atomic E-state index is 0.262. The molecular weight excluding hydrogens is 627 g/mol. The smallest absolute Gasteiger partial charge is 0.142 e. The monoisotopic (exact) mass is 650 g/mol. The van der Waals surface area contributed by atoms with Gasteiger partial charge < -0.3 is 4.74 Å². The van der Waals surface area contributed by atoms with Gasteiger partial charge in [0, 0.05) is 27.3 Å². The van der Waals surface area contributed by atoms with Gasteiger partial charge in [0.05, 0.1) is 0 Å². The number of aryl methyl sites for hydroxylation is 2. The molecule has 160 valence electrons. The second kappa shape index (κ2) is 9.12. The molecule has 0 N–H and O–H groups in total. The van der Waals surface area contributed by atoms with E-state index in [1.807, 2.05) is 0 Å². The SMILES string of the molecule is COC1(Br)C=CC(I)[C@@](c2cccc(C)c2)(c2ccc(Br)cc2-c2cccc(C)c2)C1. The fourth-order valence-corrected chi connectivity index (χ4v) is 6.69.